The van der Waals surface area contributed by atoms with Gasteiger partial charge in [-0.25, -0.2) is 0 Å². The molecule has 1 aliphatic rings. The molecule has 4 N–H and O–H groups in total. The third-order valence-corrected chi connectivity index (χ3v) is 11.7. The van der Waals surface area contributed by atoms with Crippen molar-refractivity contribution in [3.05, 3.63) is 109 Å². The Morgan fingerprint density at radius 3 is 1.28 bits per heavy atom. The molecule has 1 rings (SSSR count). The number of aliphatic hydroxyl groups excluding tert-OH is 4. The van der Waals surface area contributed by atoms with E-state index in [2.05, 4.69) is 123 Å². The van der Waals surface area contributed by atoms with E-state index in [4.69, 9.17) is 18.9 Å². The van der Waals surface area contributed by atoms with Gasteiger partial charge in [-0.05, 0) is 96.3 Å². The average molecular weight is 951 g/mol. The lowest BCUT2D eigenvalue weighted by Gasteiger charge is -2.39. The number of hydrogen-bond acceptors (Lipinski definition) is 9. The minimum Gasteiger partial charge on any atom is -0.457 e. The van der Waals surface area contributed by atoms with Gasteiger partial charge in [0.15, 0.2) is 6.29 Å². The van der Waals surface area contributed by atoms with Gasteiger partial charge in [0.25, 0.3) is 0 Å². The van der Waals surface area contributed by atoms with Crippen molar-refractivity contribution in [1.82, 2.24) is 0 Å². The van der Waals surface area contributed by atoms with Crippen molar-refractivity contribution in [3.8, 4) is 0 Å². The lowest BCUT2D eigenvalue weighted by molar-refractivity contribution is -0.305. The Labute approximate surface area is 414 Å². The first-order valence-electron chi connectivity index (χ1n) is 27.0. The summed E-state index contributed by atoms with van der Waals surface area (Å²) in [5, 5.41) is 40.3. The molecule has 9 nitrogen and oxygen atoms in total. The lowest BCUT2D eigenvalue weighted by atomic mass is 9.99. The van der Waals surface area contributed by atoms with E-state index in [9.17, 15) is 25.2 Å². The Morgan fingerprint density at radius 2 is 0.853 bits per heavy atom. The molecule has 9 heteroatoms. The van der Waals surface area contributed by atoms with Gasteiger partial charge >= 0.3 is 5.97 Å². The standard InChI is InChI=1S/C59H98O9/c1-3-5-7-9-11-13-15-17-19-21-23-25-27-28-30-32-34-36-38-40-42-44-46-48-55(61)67-53(52-66-59-58(64)57(63)56(62)54(50-60)68-59)51-65-49-47-45-43-41-39-37-35-33-31-29-26-24-22-20-18-16-14-12-10-8-6-4-2/h5-8,11-14,17-20,23-26,31,33,53-54,56-60,62-64H,3-4,9-10,15-16,21-22,27-30,32,34-52H2,1-2H3/b7-5-,8-6-,13-11-,14-12-,19-17-,20-18-,25-23-,26-24-,33-31-. The SMILES string of the molecule is CC/C=C\C/C=C\C/C=C\C/C=C\C/C=C\CCCCCCCCOCC(COC1OC(CO)C(O)C(O)C1O)OC(=O)CCCCCCCCCCCC/C=C\C/C=C\C/C=C\C/C=C\CC. The smallest absolute Gasteiger partial charge is 0.306 e. The number of carbonyl (C=O) groups is 1. The highest BCUT2D eigenvalue weighted by molar-refractivity contribution is 5.69. The molecule has 68 heavy (non-hydrogen) atoms. The number of unbranched alkanes of at least 4 members (excludes halogenated alkanes) is 16. The summed E-state index contributed by atoms with van der Waals surface area (Å²) in [6.45, 7) is 4.29. The zero-order valence-corrected chi connectivity index (χ0v) is 42.8. The highest BCUT2D eigenvalue weighted by Crippen LogP contribution is 2.23. The zero-order valence-electron chi connectivity index (χ0n) is 42.8. The number of allylic oxidation sites excluding steroid dienone is 18. The number of carbonyl (C=O) groups excluding carboxylic acids is 1. The van der Waals surface area contributed by atoms with Crippen molar-refractivity contribution < 1.29 is 44.2 Å². The van der Waals surface area contributed by atoms with Crippen LogP contribution in [0.3, 0.4) is 0 Å². The van der Waals surface area contributed by atoms with Gasteiger partial charge in [0.2, 0.25) is 0 Å². The van der Waals surface area contributed by atoms with Crippen molar-refractivity contribution in [1.29, 1.82) is 0 Å². The molecular weight excluding hydrogens is 853 g/mol. The van der Waals surface area contributed by atoms with Gasteiger partial charge in [-0.2, -0.15) is 0 Å². The molecule has 1 heterocycles. The van der Waals surface area contributed by atoms with E-state index < -0.39 is 43.4 Å². The molecule has 0 spiro atoms. The van der Waals surface area contributed by atoms with Crippen LogP contribution < -0.4 is 0 Å². The summed E-state index contributed by atoms with van der Waals surface area (Å²) in [6, 6.07) is 0. The quantitative estimate of drug-likeness (QED) is 0.0267. The van der Waals surface area contributed by atoms with Crippen molar-refractivity contribution in [2.24, 2.45) is 0 Å². The summed E-state index contributed by atoms with van der Waals surface area (Å²) in [4.78, 5) is 12.9. The minimum atomic E-state index is -1.55. The summed E-state index contributed by atoms with van der Waals surface area (Å²) >= 11 is 0. The number of ether oxygens (including phenoxy) is 4. The van der Waals surface area contributed by atoms with Crippen molar-refractivity contribution in [2.75, 3.05) is 26.4 Å². The van der Waals surface area contributed by atoms with Crippen LogP contribution in [-0.4, -0.2) is 89.6 Å². The fraction of sp³-hybridized carbons (Fsp3) is 0.678. The monoisotopic (exact) mass is 951 g/mol. The number of rotatable bonds is 45. The Balaban J connectivity index is 2.22. The molecular formula is C59H98O9. The van der Waals surface area contributed by atoms with E-state index in [-0.39, 0.29) is 19.2 Å². The lowest BCUT2D eigenvalue weighted by Crippen LogP contribution is -2.59. The summed E-state index contributed by atoms with van der Waals surface area (Å²) in [6.07, 6.45) is 62.6. The third kappa shape index (κ3) is 38.7. The molecule has 0 aromatic carbocycles. The first kappa shape index (κ1) is 62.9. The molecule has 1 fully saturated rings. The van der Waals surface area contributed by atoms with E-state index in [1.54, 1.807) is 0 Å². The molecule has 0 bridgehead atoms. The molecule has 0 radical (unpaired) electrons. The van der Waals surface area contributed by atoms with Crippen LogP contribution in [0.25, 0.3) is 0 Å². The van der Waals surface area contributed by atoms with Crippen LogP contribution >= 0.6 is 0 Å². The maximum absolute atomic E-state index is 12.9. The van der Waals surface area contributed by atoms with Gasteiger partial charge in [0, 0.05) is 13.0 Å². The van der Waals surface area contributed by atoms with Crippen LogP contribution in [0.4, 0.5) is 0 Å². The molecule has 1 saturated heterocycles. The van der Waals surface area contributed by atoms with E-state index in [1.165, 1.54) is 64.2 Å². The molecule has 0 aliphatic carbocycles. The topological polar surface area (TPSA) is 135 Å². The fourth-order valence-corrected chi connectivity index (χ4v) is 7.57. The normalized spacial score (nSPS) is 20.0. The van der Waals surface area contributed by atoms with E-state index >= 15 is 0 Å². The molecule has 0 amide bonds. The highest BCUT2D eigenvalue weighted by atomic mass is 16.7. The maximum Gasteiger partial charge on any atom is 0.306 e. The molecule has 388 valence electrons. The number of aliphatic hydroxyl groups is 4. The average Bonchev–Trinajstić information content (AvgIpc) is 3.34. The zero-order chi connectivity index (χ0) is 49.2. The summed E-state index contributed by atoms with van der Waals surface area (Å²) in [5.74, 6) is -0.328. The van der Waals surface area contributed by atoms with Crippen LogP contribution in [-0.2, 0) is 23.7 Å². The van der Waals surface area contributed by atoms with Crippen molar-refractivity contribution in [3.63, 3.8) is 0 Å². The van der Waals surface area contributed by atoms with Gasteiger partial charge in [0.05, 0.1) is 19.8 Å². The summed E-state index contributed by atoms with van der Waals surface area (Å²) in [5.41, 5.74) is 0. The Kier molecular flexibility index (Phi) is 45.2. The largest absolute Gasteiger partial charge is 0.457 e. The van der Waals surface area contributed by atoms with Crippen LogP contribution in [0.1, 0.15) is 194 Å². The molecule has 6 unspecified atom stereocenters. The van der Waals surface area contributed by atoms with Gasteiger partial charge in [-0.15, -0.1) is 0 Å². The van der Waals surface area contributed by atoms with Gasteiger partial charge in [-0.3, -0.25) is 4.79 Å². The van der Waals surface area contributed by atoms with Crippen molar-refractivity contribution in [2.45, 2.75) is 230 Å². The second-order valence-corrected chi connectivity index (χ2v) is 17.9. The van der Waals surface area contributed by atoms with Crippen LogP contribution in [0.15, 0.2) is 109 Å². The van der Waals surface area contributed by atoms with E-state index in [0.29, 0.717) is 13.0 Å². The molecule has 0 aromatic heterocycles. The fourth-order valence-electron chi connectivity index (χ4n) is 7.57. The van der Waals surface area contributed by atoms with E-state index in [0.717, 1.165) is 109 Å². The molecule has 0 saturated carbocycles. The maximum atomic E-state index is 12.9. The van der Waals surface area contributed by atoms with Crippen LogP contribution in [0.5, 0.6) is 0 Å². The molecule has 6 atom stereocenters. The summed E-state index contributed by atoms with van der Waals surface area (Å²) < 4.78 is 22.9. The van der Waals surface area contributed by atoms with Gasteiger partial charge in [0.1, 0.15) is 30.5 Å². The van der Waals surface area contributed by atoms with Gasteiger partial charge < -0.3 is 39.4 Å². The second-order valence-electron chi connectivity index (χ2n) is 17.9. The van der Waals surface area contributed by atoms with Crippen molar-refractivity contribution >= 4 is 5.97 Å². The van der Waals surface area contributed by atoms with Crippen LogP contribution in [0.2, 0.25) is 0 Å². The Morgan fingerprint density at radius 1 is 0.471 bits per heavy atom. The first-order valence-corrected chi connectivity index (χ1v) is 27.0. The molecule has 1 aliphatic heterocycles. The Hall–Kier alpha value is -3.15. The Bertz CT molecular complexity index is 1410. The predicted molar refractivity (Wildman–Crippen MR) is 283 cm³/mol. The predicted octanol–water partition coefficient (Wildman–Crippen LogP) is 13.7. The van der Waals surface area contributed by atoms with E-state index in [1.807, 2.05) is 0 Å². The first-order chi connectivity index (χ1) is 33.4. The number of esters is 1. The minimum absolute atomic E-state index is 0.126. The van der Waals surface area contributed by atoms with Crippen LogP contribution in [0, 0.1) is 0 Å². The highest BCUT2D eigenvalue weighted by Gasteiger charge is 2.44. The second kappa shape index (κ2) is 48.9. The third-order valence-electron chi connectivity index (χ3n) is 11.7. The van der Waals surface area contributed by atoms with Gasteiger partial charge in [-0.1, -0.05) is 200 Å². The molecule has 0 aromatic rings. The number of hydrogen-bond donors (Lipinski definition) is 4. The summed E-state index contributed by atoms with van der Waals surface area (Å²) in [7, 11) is 0.